The van der Waals surface area contributed by atoms with Crippen LogP contribution in [0.15, 0.2) is 22.7 Å². The third kappa shape index (κ3) is 4.01. The van der Waals surface area contributed by atoms with Crippen LogP contribution in [0.2, 0.25) is 0 Å². The summed E-state index contributed by atoms with van der Waals surface area (Å²) in [4.78, 5) is 2.41. The number of nitrogens with zero attached hydrogens (tertiary/aromatic N) is 1. The number of benzene rings is 1. The van der Waals surface area contributed by atoms with Crippen molar-refractivity contribution >= 4 is 15.9 Å². The van der Waals surface area contributed by atoms with Crippen LogP contribution in [0.25, 0.3) is 0 Å². The molecule has 1 fully saturated rings. The van der Waals surface area contributed by atoms with E-state index in [4.69, 9.17) is 0 Å². The Morgan fingerprint density at radius 3 is 2.68 bits per heavy atom. The summed E-state index contributed by atoms with van der Waals surface area (Å²) in [7, 11) is 2.18. The van der Waals surface area contributed by atoms with Gasteiger partial charge in [-0.25, -0.2) is 4.39 Å². The molecule has 2 atom stereocenters. The largest absolute Gasteiger partial charge is 0.309 e. The van der Waals surface area contributed by atoms with Gasteiger partial charge in [0.05, 0.1) is 0 Å². The van der Waals surface area contributed by atoms with Crippen molar-refractivity contribution in [2.24, 2.45) is 0 Å². The maximum Gasteiger partial charge on any atom is 0.129 e. The molecule has 1 N–H and O–H groups in total. The Hall–Kier alpha value is -0.450. The maximum atomic E-state index is 13.8. The number of hydrogen-bond acceptors (Lipinski definition) is 2. The van der Waals surface area contributed by atoms with Gasteiger partial charge in [-0.2, -0.15) is 0 Å². The first kappa shape index (κ1) is 14.9. The van der Waals surface area contributed by atoms with Crippen LogP contribution in [-0.2, 0) is 0 Å². The van der Waals surface area contributed by atoms with Crippen molar-refractivity contribution in [1.29, 1.82) is 0 Å². The lowest BCUT2D eigenvalue weighted by Gasteiger charge is -2.26. The van der Waals surface area contributed by atoms with Gasteiger partial charge in [-0.05, 0) is 45.9 Å². The molecule has 0 aliphatic heterocycles. The van der Waals surface area contributed by atoms with Crippen molar-refractivity contribution in [1.82, 2.24) is 10.2 Å². The van der Waals surface area contributed by atoms with Crippen LogP contribution in [0.5, 0.6) is 0 Å². The van der Waals surface area contributed by atoms with Gasteiger partial charge in [-0.1, -0.05) is 22.0 Å². The highest BCUT2D eigenvalue weighted by atomic mass is 79.9. The van der Waals surface area contributed by atoms with Gasteiger partial charge >= 0.3 is 0 Å². The molecule has 0 aromatic heterocycles. The summed E-state index contributed by atoms with van der Waals surface area (Å²) in [5.74, 6) is -0.155. The summed E-state index contributed by atoms with van der Waals surface area (Å²) in [6, 6.07) is 6.52. The minimum atomic E-state index is -0.155. The van der Waals surface area contributed by atoms with Crippen molar-refractivity contribution in [3.8, 4) is 0 Å². The highest BCUT2D eigenvalue weighted by molar-refractivity contribution is 9.10. The molecule has 0 spiro atoms. The molecule has 0 radical (unpaired) electrons. The highest BCUT2D eigenvalue weighted by Gasteiger charge is 2.29. The van der Waals surface area contributed by atoms with Crippen LogP contribution < -0.4 is 5.32 Å². The Bertz CT molecular complexity index is 434. The highest BCUT2D eigenvalue weighted by Crippen LogP contribution is 2.27. The average molecular weight is 329 g/mol. The monoisotopic (exact) mass is 328 g/mol. The first-order valence-electron chi connectivity index (χ1n) is 6.89. The lowest BCUT2D eigenvalue weighted by Crippen LogP contribution is -2.40. The first-order valence-corrected chi connectivity index (χ1v) is 7.68. The normalized spacial score (nSPS) is 18.6. The second kappa shape index (κ2) is 6.33. The van der Waals surface area contributed by atoms with Gasteiger partial charge in [0.25, 0.3) is 0 Å². The molecular formula is C15H22BrFN2. The van der Waals surface area contributed by atoms with Crippen LogP contribution in [0.3, 0.4) is 0 Å². The summed E-state index contributed by atoms with van der Waals surface area (Å²) in [6.45, 7) is 5.11. The lowest BCUT2D eigenvalue weighted by atomic mass is 10.1. The minimum Gasteiger partial charge on any atom is -0.309 e. The fourth-order valence-corrected chi connectivity index (χ4v) is 2.63. The zero-order valence-corrected chi connectivity index (χ0v) is 13.4. The molecule has 2 nitrogen and oxygen atoms in total. The summed E-state index contributed by atoms with van der Waals surface area (Å²) < 4.78 is 14.6. The Kier molecular flexibility index (Phi) is 4.98. The van der Waals surface area contributed by atoms with Gasteiger partial charge in [0, 0.05) is 34.7 Å². The summed E-state index contributed by atoms with van der Waals surface area (Å²) >= 11 is 3.28. The van der Waals surface area contributed by atoms with Crippen molar-refractivity contribution in [3.05, 3.63) is 34.1 Å². The molecule has 2 unspecified atom stereocenters. The minimum absolute atomic E-state index is 0.0307. The maximum absolute atomic E-state index is 13.8. The zero-order valence-electron chi connectivity index (χ0n) is 11.8. The summed E-state index contributed by atoms with van der Waals surface area (Å²) in [6.07, 6.45) is 2.63. The molecule has 4 heteroatoms. The van der Waals surface area contributed by atoms with Gasteiger partial charge in [0.1, 0.15) is 5.82 Å². The third-order valence-electron chi connectivity index (χ3n) is 3.97. The molecule has 0 bridgehead atoms. The van der Waals surface area contributed by atoms with E-state index in [1.807, 2.05) is 19.1 Å². The molecule has 1 saturated carbocycles. The van der Waals surface area contributed by atoms with Crippen LogP contribution in [0, 0.1) is 5.82 Å². The van der Waals surface area contributed by atoms with E-state index in [1.165, 1.54) is 18.9 Å². The predicted molar refractivity (Wildman–Crippen MR) is 80.8 cm³/mol. The van der Waals surface area contributed by atoms with E-state index >= 15 is 0 Å². The fraction of sp³-hybridized carbons (Fsp3) is 0.600. The van der Waals surface area contributed by atoms with Crippen molar-refractivity contribution in [3.63, 3.8) is 0 Å². The molecule has 1 aliphatic rings. The van der Waals surface area contributed by atoms with Crippen LogP contribution >= 0.6 is 15.9 Å². The lowest BCUT2D eigenvalue weighted by molar-refractivity contribution is 0.236. The Morgan fingerprint density at radius 1 is 1.42 bits per heavy atom. The summed E-state index contributed by atoms with van der Waals surface area (Å²) in [5.41, 5.74) is 0.726. The smallest absolute Gasteiger partial charge is 0.129 e. The van der Waals surface area contributed by atoms with Gasteiger partial charge in [-0.3, -0.25) is 4.90 Å². The Morgan fingerprint density at radius 2 is 2.11 bits per heavy atom. The molecule has 0 heterocycles. The Labute approximate surface area is 123 Å². The molecule has 1 aromatic carbocycles. The standard InChI is InChI=1S/C15H22BrFN2/c1-10(19(3)13-5-6-13)9-18-11(2)14-7-4-12(16)8-15(14)17/h4,7-8,10-11,13,18H,5-6,9H2,1-3H3. The number of rotatable bonds is 6. The zero-order chi connectivity index (χ0) is 14.0. The fourth-order valence-electron chi connectivity index (χ4n) is 2.30. The van der Waals surface area contributed by atoms with Crippen LogP contribution in [-0.4, -0.2) is 30.6 Å². The number of likely N-dealkylation sites (N-methyl/N-ethyl adjacent to an activating group) is 1. The Balaban J connectivity index is 1.87. The SMILES string of the molecule is CC(NCC(C)N(C)C1CC1)c1ccc(Br)cc1F. The van der Waals surface area contributed by atoms with E-state index in [2.05, 4.69) is 40.1 Å². The van der Waals surface area contributed by atoms with Gasteiger partial charge < -0.3 is 5.32 Å². The van der Waals surface area contributed by atoms with Gasteiger partial charge in [-0.15, -0.1) is 0 Å². The summed E-state index contributed by atoms with van der Waals surface area (Å²) in [5, 5.41) is 3.43. The van der Waals surface area contributed by atoms with E-state index in [0.717, 1.165) is 22.6 Å². The predicted octanol–water partition coefficient (Wildman–Crippen LogP) is 3.72. The van der Waals surface area contributed by atoms with Gasteiger partial charge in [0.2, 0.25) is 0 Å². The number of hydrogen-bond donors (Lipinski definition) is 1. The van der Waals surface area contributed by atoms with Crippen molar-refractivity contribution in [2.75, 3.05) is 13.6 Å². The number of nitrogens with one attached hydrogen (secondary N) is 1. The molecule has 1 aromatic rings. The number of halogens is 2. The molecule has 106 valence electrons. The van der Waals surface area contributed by atoms with Crippen LogP contribution in [0.1, 0.15) is 38.3 Å². The quantitative estimate of drug-likeness (QED) is 0.856. The molecule has 0 saturated heterocycles. The molecular weight excluding hydrogens is 307 g/mol. The topological polar surface area (TPSA) is 15.3 Å². The molecule has 0 amide bonds. The first-order chi connectivity index (χ1) is 8.99. The second-order valence-corrected chi connectivity index (χ2v) is 6.46. The van der Waals surface area contributed by atoms with E-state index < -0.39 is 0 Å². The van der Waals surface area contributed by atoms with E-state index in [-0.39, 0.29) is 11.9 Å². The van der Waals surface area contributed by atoms with Gasteiger partial charge in [0.15, 0.2) is 0 Å². The average Bonchev–Trinajstić information content (AvgIpc) is 3.18. The van der Waals surface area contributed by atoms with Crippen molar-refractivity contribution < 1.29 is 4.39 Å². The second-order valence-electron chi connectivity index (χ2n) is 5.54. The molecule has 19 heavy (non-hydrogen) atoms. The van der Waals surface area contributed by atoms with E-state index in [9.17, 15) is 4.39 Å². The molecule has 1 aliphatic carbocycles. The van der Waals surface area contributed by atoms with Crippen LogP contribution in [0.4, 0.5) is 4.39 Å². The molecule has 2 rings (SSSR count). The van der Waals surface area contributed by atoms with E-state index in [0.29, 0.717) is 6.04 Å². The van der Waals surface area contributed by atoms with E-state index in [1.54, 1.807) is 0 Å². The third-order valence-corrected chi connectivity index (χ3v) is 4.46. The van der Waals surface area contributed by atoms with Crippen molar-refractivity contribution in [2.45, 2.75) is 44.8 Å².